The summed E-state index contributed by atoms with van der Waals surface area (Å²) in [5.41, 5.74) is 1.40. The van der Waals surface area contributed by atoms with Crippen LogP contribution >= 0.6 is 11.6 Å². The molecule has 0 aliphatic heterocycles. The number of amides is 1. The number of benzene rings is 2. The van der Waals surface area contributed by atoms with Crippen LogP contribution in [0, 0.1) is 5.82 Å². The zero-order valence-electron chi connectivity index (χ0n) is 14.0. The SMILES string of the molecule is CCC(C)c1ccc(NC(=O)COC(=O)c2c(F)cccc2Cl)cc1. The first-order valence-corrected chi connectivity index (χ1v) is 8.31. The zero-order chi connectivity index (χ0) is 18.4. The lowest BCUT2D eigenvalue weighted by Crippen LogP contribution is -2.21. The molecule has 1 unspecified atom stereocenters. The zero-order valence-corrected chi connectivity index (χ0v) is 14.8. The minimum Gasteiger partial charge on any atom is -0.452 e. The van der Waals surface area contributed by atoms with Gasteiger partial charge in [-0.15, -0.1) is 0 Å². The summed E-state index contributed by atoms with van der Waals surface area (Å²) in [7, 11) is 0. The van der Waals surface area contributed by atoms with E-state index in [1.807, 2.05) is 12.1 Å². The van der Waals surface area contributed by atoms with E-state index in [0.717, 1.165) is 12.5 Å². The van der Waals surface area contributed by atoms with Crippen LogP contribution in [0.2, 0.25) is 5.02 Å². The molecular weight excluding hydrogens is 345 g/mol. The molecule has 2 rings (SSSR count). The third kappa shape index (κ3) is 5.03. The third-order valence-corrected chi connectivity index (χ3v) is 4.19. The van der Waals surface area contributed by atoms with Gasteiger partial charge in [0.15, 0.2) is 6.61 Å². The van der Waals surface area contributed by atoms with Crippen molar-refractivity contribution in [3.8, 4) is 0 Å². The molecule has 0 bridgehead atoms. The van der Waals surface area contributed by atoms with Gasteiger partial charge >= 0.3 is 5.97 Å². The van der Waals surface area contributed by atoms with Gasteiger partial charge in [0.05, 0.1) is 5.02 Å². The smallest absolute Gasteiger partial charge is 0.343 e. The molecule has 25 heavy (non-hydrogen) atoms. The Balaban J connectivity index is 1.91. The second-order valence-electron chi connectivity index (χ2n) is 5.65. The van der Waals surface area contributed by atoms with E-state index >= 15 is 0 Å². The van der Waals surface area contributed by atoms with Crippen molar-refractivity contribution in [3.05, 3.63) is 64.4 Å². The molecule has 0 aromatic heterocycles. The molecule has 0 saturated carbocycles. The van der Waals surface area contributed by atoms with Gasteiger partial charge in [-0.2, -0.15) is 0 Å². The lowest BCUT2D eigenvalue weighted by atomic mass is 9.99. The van der Waals surface area contributed by atoms with Gasteiger partial charge in [0.2, 0.25) is 0 Å². The lowest BCUT2D eigenvalue weighted by Gasteiger charge is -2.11. The molecule has 132 valence electrons. The van der Waals surface area contributed by atoms with E-state index in [1.54, 1.807) is 12.1 Å². The Morgan fingerprint density at radius 2 is 1.88 bits per heavy atom. The number of ether oxygens (including phenoxy) is 1. The van der Waals surface area contributed by atoms with Crippen LogP contribution in [0.3, 0.4) is 0 Å². The number of halogens is 2. The summed E-state index contributed by atoms with van der Waals surface area (Å²) in [5, 5.41) is 2.56. The highest BCUT2D eigenvalue weighted by Crippen LogP contribution is 2.21. The standard InChI is InChI=1S/C19H19ClFNO3/c1-3-12(2)13-7-9-14(10-8-13)22-17(23)11-25-19(24)18-15(20)5-4-6-16(18)21/h4-10,12H,3,11H2,1-2H3,(H,22,23). The molecule has 0 fully saturated rings. The normalized spacial score (nSPS) is 11.7. The number of carbonyl (C=O) groups excluding carboxylic acids is 2. The molecule has 1 atom stereocenters. The quantitative estimate of drug-likeness (QED) is 0.751. The molecule has 2 aromatic rings. The largest absolute Gasteiger partial charge is 0.452 e. The number of nitrogens with one attached hydrogen (secondary N) is 1. The molecule has 2 aromatic carbocycles. The Morgan fingerprint density at radius 3 is 2.48 bits per heavy atom. The van der Waals surface area contributed by atoms with E-state index in [1.165, 1.54) is 17.7 Å². The van der Waals surface area contributed by atoms with E-state index in [2.05, 4.69) is 19.2 Å². The van der Waals surface area contributed by atoms with Crippen molar-refractivity contribution in [1.82, 2.24) is 0 Å². The van der Waals surface area contributed by atoms with Gasteiger partial charge in [-0.3, -0.25) is 4.79 Å². The van der Waals surface area contributed by atoms with Crippen molar-refractivity contribution >= 4 is 29.2 Å². The fourth-order valence-electron chi connectivity index (χ4n) is 2.22. The number of hydrogen-bond donors (Lipinski definition) is 1. The van der Waals surface area contributed by atoms with Gasteiger partial charge in [0, 0.05) is 5.69 Å². The van der Waals surface area contributed by atoms with Crippen LogP contribution in [0.1, 0.15) is 42.1 Å². The first kappa shape index (κ1) is 18.9. The monoisotopic (exact) mass is 363 g/mol. The summed E-state index contributed by atoms with van der Waals surface area (Å²) < 4.78 is 18.4. The molecule has 0 radical (unpaired) electrons. The van der Waals surface area contributed by atoms with Gasteiger partial charge in [-0.1, -0.05) is 43.6 Å². The molecule has 0 saturated heterocycles. The number of anilines is 1. The Bertz CT molecular complexity index is 742. The average molecular weight is 364 g/mol. The van der Waals surface area contributed by atoms with E-state index in [0.29, 0.717) is 11.6 Å². The third-order valence-electron chi connectivity index (χ3n) is 3.88. The van der Waals surface area contributed by atoms with Crippen LogP contribution in [-0.4, -0.2) is 18.5 Å². The summed E-state index contributed by atoms with van der Waals surface area (Å²) in [5.74, 6) is -1.85. The Morgan fingerprint density at radius 1 is 1.20 bits per heavy atom. The van der Waals surface area contributed by atoms with Crippen molar-refractivity contribution in [2.24, 2.45) is 0 Å². The molecule has 1 N–H and O–H groups in total. The van der Waals surface area contributed by atoms with E-state index < -0.39 is 24.3 Å². The fraction of sp³-hybridized carbons (Fsp3) is 0.263. The molecule has 0 heterocycles. The number of carbonyl (C=O) groups is 2. The van der Waals surface area contributed by atoms with Crippen LogP contribution in [-0.2, 0) is 9.53 Å². The van der Waals surface area contributed by atoms with Gasteiger partial charge < -0.3 is 10.1 Å². The Hall–Kier alpha value is -2.40. The maximum Gasteiger partial charge on any atom is 0.343 e. The lowest BCUT2D eigenvalue weighted by molar-refractivity contribution is -0.119. The van der Waals surface area contributed by atoms with Crippen molar-refractivity contribution in [2.75, 3.05) is 11.9 Å². The summed E-state index contributed by atoms with van der Waals surface area (Å²) in [6, 6.07) is 11.3. The summed E-state index contributed by atoms with van der Waals surface area (Å²) in [6.07, 6.45) is 1.03. The summed E-state index contributed by atoms with van der Waals surface area (Å²) in [4.78, 5) is 23.7. The molecule has 0 spiro atoms. The van der Waals surface area contributed by atoms with Gasteiger partial charge in [-0.05, 0) is 42.2 Å². The molecule has 0 aliphatic carbocycles. The highest BCUT2D eigenvalue weighted by atomic mass is 35.5. The molecule has 1 amide bonds. The number of rotatable bonds is 6. The van der Waals surface area contributed by atoms with Crippen LogP contribution in [0.5, 0.6) is 0 Å². The predicted molar refractivity (Wildman–Crippen MR) is 95.5 cm³/mol. The molecular formula is C19H19ClFNO3. The van der Waals surface area contributed by atoms with E-state index in [9.17, 15) is 14.0 Å². The Kier molecular flexibility index (Phi) is 6.53. The van der Waals surface area contributed by atoms with E-state index in [-0.39, 0.29) is 10.6 Å². The van der Waals surface area contributed by atoms with Gasteiger partial charge in [0.1, 0.15) is 11.4 Å². The van der Waals surface area contributed by atoms with Gasteiger partial charge in [-0.25, -0.2) is 9.18 Å². The van der Waals surface area contributed by atoms with Crippen molar-refractivity contribution < 1.29 is 18.7 Å². The van der Waals surface area contributed by atoms with Crippen molar-refractivity contribution in [3.63, 3.8) is 0 Å². The van der Waals surface area contributed by atoms with E-state index in [4.69, 9.17) is 16.3 Å². The topological polar surface area (TPSA) is 55.4 Å². The summed E-state index contributed by atoms with van der Waals surface area (Å²) in [6.45, 7) is 3.70. The van der Waals surface area contributed by atoms with Gasteiger partial charge in [0.25, 0.3) is 5.91 Å². The predicted octanol–water partition coefficient (Wildman–Crippen LogP) is 4.79. The molecule has 0 aliphatic rings. The maximum absolute atomic E-state index is 13.6. The first-order chi connectivity index (χ1) is 11.9. The minimum absolute atomic E-state index is 0.0639. The summed E-state index contributed by atoms with van der Waals surface area (Å²) >= 11 is 5.78. The Labute approximate surface area is 150 Å². The highest BCUT2D eigenvalue weighted by Gasteiger charge is 2.18. The van der Waals surface area contributed by atoms with Crippen molar-refractivity contribution in [2.45, 2.75) is 26.2 Å². The molecule has 6 heteroatoms. The van der Waals surface area contributed by atoms with Crippen LogP contribution in [0.4, 0.5) is 10.1 Å². The first-order valence-electron chi connectivity index (χ1n) is 7.93. The van der Waals surface area contributed by atoms with Crippen LogP contribution < -0.4 is 5.32 Å². The van der Waals surface area contributed by atoms with Crippen LogP contribution in [0.15, 0.2) is 42.5 Å². The average Bonchev–Trinajstić information content (AvgIpc) is 2.60. The number of hydrogen-bond acceptors (Lipinski definition) is 3. The second kappa shape index (κ2) is 8.62. The maximum atomic E-state index is 13.6. The van der Waals surface area contributed by atoms with Crippen LogP contribution in [0.25, 0.3) is 0 Å². The highest BCUT2D eigenvalue weighted by molar-refractivity contribution is 6.33. The minimum atomic E-state index is -0.981. The van der Waals surface area contributed by atoms with Crippen molar-refractivity contribution in [1.29, 1.82) is 0 Å². The second-order valence-corrected chi connectivity index (χ2v) is 6.06. The molecule has 4 nitrogen and oxygen atoms in total. The number of esters is 1. The fourth-order valence-corrected chi connectivity index (χ4v) is 2.46.